The summed E-state index contributed by atoms with van der Waals surface area (Å²) < 4.78 is 6.14. The third-order valence-corrected chi connectivity index (χ3v) is 3.61. The number of hydrogen-bond acceptors (Lipinski definition) is 2. The van der Waals surface area contributed by atoms with Gasteiger partial charge in [0, 0.05) is 0 Å². The fraction of sp³-hybridized carbons (Fsp3) is 0.333. The standard InChI is InChI=1S/C15H17BrO2/c1-15(2,3)11-7-5-4-6-10(11)13(17)14-12(16)8-9-18-14/h4-9,13,17H,1-3H3. The molecule has 18 heavy (non-hydrogen) atoms. The Kier molecular flexibility index (Phi) is 3.64. The zero-order valence-electron chi connectivity index (χ0n) is 10.8. The first-order valence-corrected chi connectivity index (χ1v) is 6.71. The Morgan fingerprint density at radius 1 is 1.17 bits per heavy atom. The van der Waals surface area contributed by atoms with E-state index in [-0.39, 0.29) is 5.41 Å². The van der Waals surface area contributed by atoms with Crippen molar-refractivity contribution in [2.24, 2.45) is 0 Å². The summed E-state index contributed by atoms with van der Waals surface area (Å²) in [7, 11) is 0. The normalized spacial score (nSPS) is 13.6. The molecule has 0 radical (unpaired) electrons. The Hall–Kier alpha value is -1.06. The third-order valence-electron chi connectivity index (χ3n) is 2.96. The Morgan fingerprint density at radius 2 is 1.83 bits per heavy atom. The van der Waals surface area contributed by atoms with E-state index in [1.54, 1.807) is 12.3 Å². The molecule has 1 atom stereocenters. The molecule has 2 aromatic rings. The monoisotopic (exact) mass is 308 g/mol. The van der Waals surface area contributed by atoms with Crippen LogP contribution >= 0.6 is 15.9 Å². The van der Waals surface area contributed by atoms with Crippen LogP contribution in [0.5, 0.6) is 0 Å². The highest BCUT2D eigenvalue weighted by molar-refractivity contribution is 9.10. The maximum absolute atomic E-state index is 10.5. The molecule has 1 heterocycles. The smallest absolute Gasteiger partial charge is 0.150 e. The molecule has 0 spiro atoms. The summed E-state index contributed by atoms with van der Waals surface area (Å²) in [5.74, 6) is 0.548. The summed E-state index contributed by atoms with van der Waals surface area (Å²) in [6, 6.07) is 9.71. The number of benzene rings is 1. The molecule has 0 amide bonds. The number of furan rings is 1. The van der Waals surface area contributed by atoms with Gasteiger partial charge in [0.1, 0.15) is 6.10 Å². The summed E-state index contributed by atoms with van der Waals surface area (Å²) in [4.78, 5) is 0. The quantitative estimate of drug-likeness (QED) is 0.891. The van der Waals surface area contributed by atoms with Crippen LogP contribution in [0.1, 0.15) is 43.8 Å². The molecule has 1 aromatic carbocycles. The summed E-state index contributed by atoms with van der Waals surface area (Å²) in [5.41, 5.74) is 2.00. The summed E-state index contributed by atoms with van der Waals surface area (Å²) in [6.07, 6.45) is 0.826. The lowest BCUT2D eigenvalue weighted by molar-refractivity contribution is 0.186. The van der Waals surface area contributed by atoms with Crippen LogP contribution < -0.4 is 0 Å². The SMILES string of the molecule is CC(C)(C)c1ccccc1C(O)c1occc1Br. The lowest BCUT2D eigenvalue weighted by Crippen LogP contribution is -2.16. The number of aliphatic hydroxyl groups is 1. The molecule has 0 aliphatic rings. The first-order chi connectivity index (χ1) is 8.41. The molecule has 1 N–H and O–H groups in total. The zero-order chi connectivity index (χ0) is 13.3. The first kappa shape index (κ1) is 13.4. The van der Waals surface area contributed by atoms with Crippen molar-refractivity contribution in [3.63, 3.8) is 0 Å². The van der Waals surface area contributed by atoms with E-state index in [4.69, 9.17) is 4.42 Å². The molecule has 0 saturated heterocycles. The van der Waals surface area contributed by atoms with Gasteiger partial charge in [-0.25, -0.2) is 0 Å². The van der Waals surface area contributed by atoms with Crippen molar-refractivity contribution in [3.8, 4) is 0 Å². The molecular formula is C15H17BrO2. The van der Waals surface area contributed by atoms with Gasteiger partial charge < -0.3 is 9.52 Å². The van der Waals surface area contributed by atoms with Crippen LogP contribution in [-0.2, 0) is 5.41 Å². The Balaban J connectivity index is 2.49. The second kappa shape index (κ2) is 4.90. The van der Waals surface area contributed by atoms with Crippen molar-refractivity contribution in [1.82, 2.24) is 0 Å². The number of rotatable bonds is 2. The van der Waals surface area contributed by atoms with Crippen LogP contribution in [0.15, 0.2) is 45.5 Å². The fourth-order valence-corrected chi connectivity index (χ4v) is 2.48. The topological polar surface area (TPSA) is 33.4 Å². The second-order valence-corrected chi connectivity index (χ2v) is 6.23. The minimum atomic E-state index is -0.746. The number of aliphatic hydroxyl groups excluding tert-OH is 1. The van der Waals surface area contributed by atoms with E-state index >= 15 is 0 Å². The lowest BCUT2D eigenvalue weighted by atomic mass is 9.82. The zero-order valence-corrected chi connectivity index (χ0v) is 12.4. The predicted molar refractivity (Wildman–Crippen MR) is 75.6 cm³/mol. The van der Waals surface area contributed by atoms with Gasteiger partial charge in [0.15, 0.2) is 5.76 Å². The van der Waals surface area contributed by atoms with E-state index < -0.39 is 6.10 Å². The Morgan fingerprint density at radius 3 is 2.39 bits per heavy atom. The fourth-order valence-electron chi connectivity index (χ4n) is 2.06. The second-order valence-electron chi connectivity index (χ2n) is 5.37. The van der Waals surface area contributed by atoms with Gasteiger partial charge in [0.2, 0.25) is 0 Å². The molecule has 0 aliphatic heterocycles. The molecule has 3 heteroatoms. The summed E-state index contributed by atoms with van der Waals surface area (Å²) in [6.45, 7) is 6.40. The highest BCUT2D eigenvalue weighted by atomic mass is 79.9. The molecule has 0 aliphatic carbocycles. The molecule has 96 valence electrons. The lowest BCUT2D eigenvalue weighted by Gasteiger charge is -2.24. The number of halogens is 1. The summed E-state index contributed by atoms with van der Waals surface area (Å²) in [5, 5.41) is 10.5. The van der Waals surface area contributed by atoms with Crippen LogP contribution in [0.25, 0.3) is 0 Å². The van der Waals surface area contributed by atoms with Gasteiger partial charge in [-0.15, -0.1) is 0 Å². The van der Waals surface area contributed by atoms with Crippen LogP contribution in [0.3, 0.4) is 0 Å². The maximum Gasteiger partial charge on any atom is 0.150 e. The molecule has 1 unspecified atom stereocenters. The van der Waals surface area contributed by atoms with Gasteiger partial charge in [-0.05, 0) is 38.5 Å². The van der Waals surface area contributed by atoms with Crippen LogP contribution in [-0.4, -0.2) is 5.11 Å². The molecule has 0 bridgehead atoms. The van der Waals surface area contributed by atoms with E-state index in [9.17, 15) is 5.11 Å². The molecule has 0 fully saturated rings. The van der Waals surface area contributed by atoms with Crippen molar-refractivity contribution in [2.75, 3.05) is 0 Å². The Labute approximate surface area is 116 Å². The van der Waals surface area contributed by atoms with Gasteiger partial charge in [-0.2, -0.15) is 0 Å². The molecular weight excluding hydrogens is 292 g/mol. The van der Waals surface area contributed by atoms with E-state index in [0.29, 0.717) is 5.76 Å². The van der Waals surface area contributed by atoms with E-state index in [2.05, 4.69) is 42.8 Å². The van der Waals surface area contributed by atoms with E-state index in [0.717, 1.165) is 15.6 Å². The van der Waals surface area contributed by atoms with Crippen LogP contribution in [0.2, 0.25) is 0 Å². The maximum atomic E-state index is 10.5. The highest BCUT2D eigenvalue weighted by Gasteiger charge is 2.24. The van der Waals surface area contributed by atoms with Gasteiger partial charge >= 0.3 is 0 Å². The summed E-state index contributed by atoms with van der Waals surface area (Å²) >= 11 is 3.39. The van der Waals surface area contributed by atoms with Crippen molar-refractivity contribution in [1.29, 1.82) is 0 Å². The van der Waals surface area contributed by atoms with E-state index in [1.807, 2.05) is 18.2 Å². The number of hydrogen-bond donors (Lipinski definition) is 1. The van der Waals surface area contributed by atoms with Gasteiger partial charge in [-0.1, -0.05) is 45.0 Å². The van der Waals surface area contributed by atoms with Crippen LogP contribution in [0.4, 0.5) is 0 Å². The minimum absolute atomic E-state index is 0.0172. The first-order valence-electron chi connectivity index (χ1n) is 5.91. The van der Waals surface area contributed by atoms with Gasteiger partial charge in [0.05, 0.1) is 10.7 Å². The van der Waals surface area contributed by atoms with Crippen molar-refractivity contribution >= 4 is 15.9 Å². The molecule has 2 rings (SSSR count). The highest BCUT2D eigenvalue weighted by Crippen LogP contribution is 2.35. The molecule has 0 saturated carbocycles. The third kappa shape index (κ3) is 2.52. The van der Waals surface area contributed by atoms with Gasteiger partial charge in [-0.3, -0.25) is 0 Å². The Bertz CT molecular complexity index is 537. The predicted octanol–water partition coefficient (Wildman–Crippen LogP) is 4.42. The van der Waals surface area contributed by atoms with Crippen molar-refractivity contribution in [3.05, 3.63) is 58.0 Å². The molecule has 2 nitrogen and oxygen atoms in total. The van der Waals surface area contributed by atoms with Gasteiger partial charge in [0.25, 0.3) is 0 Å². The average Bonchev–Trinajstić information content (AvgIpc) is 2.73. The van der Waals surface area contributed by atoms with Crippen molar-refractivity contribution < 1.29 is 9.52 Å². The minimum Gasteiger partial charge on any atom is -0.465 e. The molecule has 1 aromatic heterocycles. The largest absolute Gasteiger partial charge is 0.465 e. The van der Waals surface area contributed by atoms with E-state index in [1.165, 1.54) is 0 Å². The van der Waals surface area contributed by atoms with Crippen molar-refractivity contribution in [2.45, 2.75) is 32.3 Å². The van der Waals surface area contributed by atoms with Crippen LogP contribution in [0, 0.1) is 0 Å². The average molecular weight is 309 g/mol.